The Morgan fingerprint density at radius 2 is 1.96 bits per heavy atom. The average molecular weight is 448 g/mol. The molecule has 5 nitrogen and oxygen atoms in total. The number of benzene rings is 2. The maximum Gasteiger partial charge on any atom is 0.275 e. The van der Waals surface area contributed by atoms with Gasteiger partial charge in [-0.05, 0) is 51.8 Å². The van der Waals surface area contributed by atoms with Gasteiger partial charge in [0.15, 0.2) is 5.16 Å². The maximum atomic E-state index is 13.7. The summed E-state index contributed by atoms with van der Waals surface area (Å²) in [7, 11) is 1.58. The summed E-state index contributed by atoms with van der Waals surface area (Å²) in [6, 6.07) is 13.5. The molecule has 138 valence electrons. The van der Waals surface area contributed by atoms with Crippen LogP contribution >= 0.6 is 27.7 Å². The number of aromatic nitrogens is 2. The largest absolute Gasteiger partial charge is 0.497 e. The Morgan fingerprint density at radius 3 is 2.67 bits per heavy atom. The van der Waals surface area contributed by atoms with Gasteiger partial charge < -0.3 is 10.1 Å². The highest BCUT2D eigenvalue weighted by atomic mass is 79.9. The second-order valence-electron chi connectivity index (χ2n) is 5.41. The van der Waals surface area contributed by atoms with Crippen molar-refractivity contribution in [1.29, 1.82) is 0 Å². The predicted molar refractivity (Wildman–Crippen MR) is 107 cm³/mol. The SMILES string of the molecule is COc1ccc(NC(=O)c2nc(SCc3ccccc3F)ncc2Br)cc1. The molecule has 0 aliphatic carbocycles. The fraction of sp³-hybridized carbons (Fsp3) is 0.105. The van der Waals surface area contributed by atoms with Crippen LogP contribution in [-0.4, -0.2) is 23.0 Å². The smallest absolute Gasteiger partial charge is 0.275 e. The summed E-state index contributed by atoms with van der Waals surface area (Å²) in [6.45, 7) is 0. The number of nitrogens with one attached hydrogen (secondary N) is 1. The van der Waals surface area contributed by atoms with E-state index in [-0.39, 0.29) is 17.4 Å². The summed E-state index contributed by atoms with van der Waals surface area (Å²) >= 11 is 4.56. The van der Waals surface area contributed by atoms with Crippen LogP contribution in [0.25, 0.3) is 0 Å². The summed E-state index contributed by atoms with van der Waals surface area (Å²) in [5.74, 6) is 0.415. The van der Waals surface area contributed by atoms with Crippen molar-refractivity contribution in [1.82, 2.24) is 9.97 Å². The van der Waals surface area contributed by atoms with E-state index < -0.39 is 0 Å². The van der Waals surface area contributed by atoms with E-state index in [0.717, 1.165) is 0 Å². The van der Waals surface area contributed by atoms with Crippen LogP contribution in [0.1, 0.15) is 16.1 Å². The molecule has 0 saturated heterocycles. The number of rotatable bonds is 6. The van der Waals surface area contributed by atoms with E-state index >= 15 is 0 Å². The number of carbonyl (C=O) groups excluding carboxylic acids is 1. The zero-order chi connectivity index (χ0) is 19.2. The molecule has 27 heavy (non-hydrogen) atoms. The topological polar surface area (TPSA) is 64.1 Å². The van der Waals surface area contributed by atoms with E-state index in [4.69, 9.17) is 4.74 Å². The van der Waals surface area contributed by atoms with E-state index in [1.165, 1.54) is 24.0 Å². The van der Waals surface area contributed by atoms with Crippen LogP contribution in [0.5, 0.6) is 5.75 Å². The first-order valence-electron chi connectivity index (χ1n) is 7.91. The normalized spacial score (nSPS) is 10.5. The Labute approximate surface area is 168 Å². The van der Waals surface area contributed by atoms with Crippen LogP contribution in [-0.2, 0) is 5.75 Å². The molecule has 0 radical (unpaired) electrons. The maximum absolute atomic E-state index is 13.7. The van der Waals surface area contributed by atoms with Gasteiger partial charge in [0, 0.05) is 17.6 Å². The van der Waals surface area contributed by atoms with Crippen LogP contribution in [0.3, 0.4) is 0 Å². The van der Waals surface area contributed by atoms with Crippen LogP contribution in [0.15, 0.2) is 64.4 Å². The van der Waals surface area contributed by atoms with Gasteiger partial charge in [0.25, 0.3) is 5.91 Å². The number of nitrogens with zero attached hydrogens (tertiary/aromatic N) is 2. The molecule has 2 aromatic carbocycles. The van der Waals surface area contributed by atoms with Crippen LogP contribution in [0.2, 0.25) is 0 Å². The van der Waals surface area contributed by atoms with Crippen molar-refractivity contribution in [3.8, 4) is 5.75 Å². The number of halogens is 2. The molecular formula is C19H15BrFN3O2S. The Bertz CT molecular complexity index is 954. The summed E-state index contributed by atoms with van der Waals surface area (Å²) in [6.07, 6.45) is 1.51. The van der Waals surface area contributed by atoms with Gasteiger partial charge in [-0.1, -0.05) is 30.0 Å². The monoisotopic (exact) mass is 447 g/mol. The minimum atomic E-state index is -0.373. The van der Waals surface area contributed by atoms with Gasteiger partial charge in [-0.25, -0.2) is 14.4 Å². The first-order chi connectivity index (χ1) is 13.1. The molecule has 1 N–H and O–H groups in total. The van der Waals surface area contributed by atoms with Crippen molar-refractivity contribution in [2.75, 3.05) is 12.4 Å². The number of ether oxygens (including phenoxy) is 1. The van der Waals surface area contributed by atoms with Gasteiger partial charge in [-0.15, -0.1) is 0 Å². The van der Waals surface area contributed by atoms with Crippen molar-refractivity contribution in [3.05, 3.63) is 76.3 Å². The minimum Gasteiger partial charge on any atom is -0.497 e. The lowest BCUT2D eigenvalue weighted by molar-refractivity contribution is 0.102. The van der Waals surface area contributed by atoms with Gasteiger partial charge in [0.1, 0.15) is 17.3 Å². The lowest BCUT2D eigenvalue weighted by Gasteiger charge is -2.08. The van der Waals surface area contributed by atoms with Crippen molar-refractivity contribution < 1.29 is 13.9 Å². The quantitative estimate of drug-likeness (QED) is 0.428. The van der Waals surface area contributed by atoms with E-state index in [0.29, 0.717) is 32.4 Å². The molecule has 0 spiro atoms. The molecule has 0 saturated carbocycles. The molecule has 1 heterocycles. The number of anilines is 1. The molecule has 3 rings (SSSR count). The van der Waals surface area contributed by atoms with Gasteiger partial charge in [0.2, 0.25) is 0 Å². The van der Waals surface area contributed by atoms with Crippen LogP contribution in [0, 0.1) is 5.82 Å². The number of thioether (sulfide) groups is 1. The van der Waals surface area contributed by atoms with Gasteiger partial charge in [-0.3, -0.25) is 4.79 Å². The highest BCUT2D eigenvalue weighted by Gasteiger charge is 2.15. The third-order valence-electron chi connectivity index (χ3n) is 3.60. The molecule has 1 aromatic heterocycles. The van der Waals surface area contributed by atoms with Crippen molar-refractivity contribution >= 4 is 39.3 Å². The standard InChI is InChI=1S/C19H15BrFN3O2S/c1-26-14-8-6-13(7-9-14)23-18(25)17-15(20)10-22-19(24-17)27-11-12-4-2-3-5-16(12)21/h2-10H,11H2,1H3,(H,23,25). The van der Waals surface area contributed by atoms with E-state index in [9.17, 15) is 9.18 Å². The molecule has 8 heteroatoms. The fourth-order valence-corrected chi connectivity index (χ4v) is 3.38. The Kier molecular flexibility index (Phi) is 6.41. The van der Waals surface area contributed by atoms with E-state index in [1.54, 1.807) is 49.6 Å². The zero-order valence-electron chi connectivity index (χ0n) is 14.3. The number of hydrogen-bond donors (Lipinski definition) is 1. The Morgan fingerprint density at radius 1 is 1.22 bits per heavy atom. The number of carbonyl (C=O) groups is 1. The number of hydrogen-bond acceptors (Lipinski definition) is 5. The molecule has 0 aliphatic rings. The first kappa shape index (κ1) is 19.3. The van der Waals surface area contributed by atoms with E-state index in [1.807, 2.05) is 0 Å². The van der Waals surface area contributed by atoms with Gasteiger partial charge in [0.05, 0.1) is 11.6 Å². The molecule has 0 aliphatic heterocycles. The Balaban J connectivity index is 1.72. The summed E-state index contributed by atoms with van der Waals surface area (Å²) in [5.41, 5.74) is 1.38. The second-order valence-corrected chi connectivity index (χ2v) is 7.21. The van der Waals surface area contributed by atoms with Gasteiger partial charge in [-0.2, -0.15) is 0 Å². The van der Waals surface area contributed by atoms with E-state index in [2.05, 4.69) is 31.2 Å². The van der Waals surface area contributed by atoms with Crippen molar-refractivity contribution in [2.45, 2.75) is 10.9 Å². The number of amides is 1. The van der Waals surface area contributed by atoms with Crippen molar-refractivity contribution in [3.63, 3.8) is 0 Å². The average Bonchev–Trinajstić information content (AvgIpc) is 2.69. The molecule has 0 bridgehead atoms. The summed E-state index contributed by atoms with van der Waals surface area (Å²) < 4.78 is 19.3. The zero-order valence-corrected chi connectivity index (χ0v) is 16.7. The Hall–Kier alpha value is -2.45. The first-order valence-corrected chi connectivity index (χ1v) is 9.69. The molecule has 1 amide bonds. The molecular weight excluding hydrogens is 433 g/mol. The lowest BCUT2D eigenvalue weighted by atomic mass is 10.2. The summed E-state index contributed by atoms with van der Waals surface area (Å²) in [5, 5.41) is 3.17. The van der Waals surface area contributed by atoms with Crippen LogP contribution in [0.4, 0.5) is 10.1 Å². The fourth-order valence-electron chi connectivity index (χ4n) is 2.20. The lowest BCUT2D eigenvalue weighted by Crippen LogP contribution is -2.15. The van der Waals surface area contributed by atoms with Crippen LogP contribution < -0.4 is 10.1 Å². The predicted octanol–water partition coefficient (Wildman–Crippen LogP) is 4.93. The third kappa shape index (κ3) is 5.05. The highest BCUT2D eigenvalue weighted by Crippen LogP contribution is 2.24. The molecule has 0 atom stereocenters. The summed E-state index contributed by atoms with van der Waals surface area (Å²) in [4.78, 5) is 21.0. The highest BCUT2D eigenvalue weighted by molar-refractivity contribution is 9.10. The molecule has 0 fully saturated rings. The molecule has 0 unspecified atom stereocenters. The number of methoxy groups -OCH3 is 1. The van der Waals surface area contributed by atoms with Gasteiger partial charge >= 0.3 is 0 Å². The minimum absolute atomic E-state index is 0.205. The third-order valence-corrected chi connectivity index (χ3v) is 5.09. The second kappa shape index (κ2) is 8.96. The molecule has 3 aromatic rings. The van der Waals surface area contributed by atoms with Crippen molar-refractivity contribution in [2.24, 2.45) is 0 Å².